The molecule has 9 heteroatoms. The van der Waals surface area contributed by atoms with Gasteiger partial charge < -0.3 is 23.7 Å². The second-order valence-electron chi connectivity index (χ2n) is 8.17. The summed E-state index contributed by atoms with van der Waals surface area (Å²) in [7, 11) is 1.37. The first-order valence-electron chi connectivity index (χ1n) is 11.6. The number of hydrogen-bond acceptors (Lipinski definition) is 9. The van der Waals surface area contributed by atoms with E-state index in [0.29, 0.717) is 5.56 Å². The van der Waals surface area contributed by atoms with E-state index in [1.54, 1.807) is 91.0 Å². The zero-order chi connectivity index (χ0) is 26.2. The molecule has 1 fully saturated rings. The van der Waals surface area contributed by atoms with Crippen molar-refractivity contribution >= 4 is 30.5 Å². The zero-order valence-corrected chi connectivity index (χ0v) is 20.9. The molecule has 3 aromatic carbocycles. The smallest absolute Gasteiger partial charge is 0.338 e. The Bertz CT molecular complexity index is 1120. The third-order valence-corrected chi connectivity index (χ3v) is 6.12. The molecular weight excluding hydrogens is 496 g/mol. The molecule has 0 radical (unpaired) electrons. The molecule has 0 spiro atoms. The van der Waals surface area contributed by atoms with Crippen molar-refractivity contribution < 1.29 is 38.1 Å². The van der Waals surface area contributed by atoms with Crippen LogP contribution in [0.1, 0.15) is 31.1 Å². The Kier molecular flexibility index (Phi) is 8.95. The molecule has 8 nitrogen and oxygen atoms in total. The Morgan fingerprint density at radius 2 is 1.03 bits per heavy atom. The molecule has 4 rings (SSSR count). The number of benzene rings is 3. The van der Waals surface area contributed by atoms with Crippen molar-refractivity contribution in [2.24, 2.45) is 0 Å². The van der Waals surface area contributed by atoms with Crippen molar-refractivity contribution in [1.82, 2.24) is 0 Å². The van der Waals surface area contributed by atoms with Gasteiger partial charge in [0.2, 0.25) is 0 Å². The molecule has 0 saturated carbocycles. The van der Waals surface area contributed by atoms with Gasteiger partial charge in [0.25, 0.3) is 0 Å². The molecule has 0 aromatic heterocycles. The van der Waals surface area contributed by atoms with E-state index < -0.39 is 48.6 Å². The summed E-state index contributed by atoms with van der Waals surface area (Å²) >= 11 is 4.35. The van der Waals surface area contributed by atoms with E-state index in [-0.39, 0.29) is 16.9 Å². The van der Waals surface area contributed by atoms with Crippen LogP contribution in [-0.4, -0.2) is 61.5 Å². The van der Waals surface area contributed by atoms with Crippen LogP contribution in [0.4, 0.5) is 0 Å². The fourth-order valence-electron chi connectivity index (χ4n) is 3.91. The molecule has 0 aliphatic carbocycles. The number of thiol groups is 1. The first-order valence-corrected chi connectivity index (χ1v) is 12.2. The van der Waals surface area contributed by atoms with Crippen molar-refractivity contribution in [3.63, 3.8) is 0 Å². The van der Waals surface area contributed by atoms with Crippen molar-refractivity contribution in [2.45, 2.75) is 30.7 Å². The molecule has 0 amide bonds. The van der Waals surface area contributed by atoms with E-state index in [9.17, 15) is 14.4 Å². The number of rotatable bonds is 8. The Hall–Kier alpha value is -3.66. The van der Waals surface area contributed by atoms with Gasteiger partial charge in [0.05, 0.1) is 16.7 Å². The van der Waals surface area contributed by atoms with Crippen LogP contribution in [-0.2, 0) is 23.7 Å². The standard InChI is InChI=1S/C28H26O8S/c1-32-28-24(36-27(31)20-15-9-4-10-16-20)23(35-26(30)19-13-7-3-8-14-19)22(21(17-37)33-28)34-25(29)18-11-5-2-6-12-18/h2-16,21-24,28,37H,17H2,1H3/t21?,22-,23?,24?,28+/m1/s1. The minimum atomic E-state index is -1.26. The first kappa shape index (κ1) is 26.4. The highest BCUT2D eigenvalue weighted by atomic mass is 32.1. The average molecular weight is 523 g/mol. The second-order valence-corrected chi connectivity index (χ2v) is 8.53. The number of esters is 3. The second kappa shape index (κ2) is 12.5. The lowest BCUT2D eigenvalue weighted by atomic mass is 9.98. The van der Waals surface area contributed by atoms with Crippen LogP contribution in [0.5, 0.6) is 0 Å². The molecule has 3 unspecified atom stereocenters. The summed E-state index contributed by atoms with van der Waals surface area (Å²) in [6.07, 6.45) is -5.62. The van der Waals surface area contributed by atoms with Crippen LogP contribution in [0.3, 0.4) is 0 Å². The van der Waals surface area contributed by atoms with Gasteiger partial charge in [-0.05, 0) is 36.4 Å². The lowest BCUT2D eigenvalue weighted by Crippen LogP contribution is -2.62. The fraction of sp³-hybridized carbons (Fsp3) is 0.250. The zero-order valence-electron chi connectivity index (χ0n) is 20.0. The summed E-state index contributed by atoms with van der Waals surface area (Å²) < 4.78 is 28.8. The van der Waals surface area contributed by atoms with E-state index in [0.717, 1.165) is 0 Å². The van der Waals surface area contributed by atoms with E-state index in [1.807, 2.05) is 0 Å². The fourth-order valence-corrected chi connectivity index (χ4v) is 4.21. The molecule has 0 bridgehead atoms. The number of carbonyl (C=O) groups is 3. The molecule has 1 aliphatic heterocycles. The van der Waals surface area contributed by atoms with Crippen molar-refractivity contribution in [1.29, 1.82) is 0 Å². The lowest BCUT2D eigenvalue weighted by Gasteiger charge is -2.43. The monoisotopic (exact) mass is 522 g/mol. The highest BCUT2D eigenvalue weighted by Crippen LogP contribution is 2.31. The average Bonchev–Trinajstić information content (AvgIpc) is 2.95. The molecule has 0 N–H and O–H groups in total. The quantitative estimate of drug-likeness (QED) is 0.270. The predicted molar refractivity (Wildman–Crippen MR) is 136 cm³/mol. The van der Waals surface area contributed by atoms with Crippen LogP contribution in [0.25, 0.3) is 0 Å². The Labute approximate surface area is 219 Å². The molecule has 3 aromatic rings. The third-order valence-electron chi connectivity index (χ3n) is 5.76. The molecule has 1 saturated heterocycles. The highest BCUT2D eigenvalue weighted by Gasteiger charge is 2.52. The van der Waals surface area contributed by atoms with Crippen LogP contribution in [0.15, 0.2) is 91.0 Å². The molecule has 192 valence electrons. The van der Waals surface area contributed by atoms with Gasteiger partial charge in [-0.15, -0.1) is 0 Å². The van der Waals surface area contributed by atoms with Gasteiger partial charge in [-0.3, -0.25) is 0 Å². The van der Waals surface area contributed by atoms with Crippen LogP contribution in [0, 0.1) is 0 Å². The summed E-state index contributed by atoms with van der Waals surface area (Å²) in [6, 6.07) is 25.0. The number of carbonyl (C=O) groups excluding carboxylic acids is 3. The molecule has 5 atom stereocenters. The van der Waals surface area contributed by atoms with Gasteiger partial charge in [-0.2, -0.15) is 12.6 Å². The predicted octanol–water partition coefficient (Wildman–Crippen LogP) is 3.96. The van der Waals surface area contributed by atoms with E-state index in [1.165, 1.54) is 7.11 Å². The normalized spacial score (nSPS) is 23.0. The van der Waals surface area contributed by atoms with Gasteiger partial charge in [0, 0.05) is 12.9 Å². The topological polar surface area (TPSA) is 97.4 Å². The minimum Gasteiger partial charge on any atom is -0.452 e. The molecule has 37 heavy (non-hydrogen) atoms. The SMILES string of the molecule is CO[C@H]1OC(CS)[C@@H](OC(=O)c2ccccc2)C(OC(=O)c2ccccc2)C1OC(=O)c1ccccc1. The maximum Gasteiger partial charge on any atom is 0.338 e. The van der Waals surface area contributed by atoms with Crippen molar-refractivity contribution in [3.8, 4) is 0 Å². The molecular formula is C28H26O8S. The Morgan fingerprint density at radius 3 is 1.41 bits per heavy atom. The number of methoxy groups -OCH3 is 1. The Morgan fingerprint density at radius 1 is 0.649 bits per heavy atom. The summed E-state index contributed by atoms with van der Waals surface area (Å²) in [5.41, 5.74) is 0.839. The van der Waals surface area contributed by atoms with E-state index in [2.05, 4.69) is 12.6 Å². The number of ether oxygens (including phenoxy) is 5. The molecule has 1 heterocycles. The summed E-state index contributed by atoms with van der Waals surface area (Å²) in [5.74, 6) is -1.94. The largest absolute Gasteiger partial charge is 0.452 e. The first-order chi connectivity index (χ1) is 18.0. The summed E-state index contributed by atoms with van der Waals surface area (Å²) in [4.78, 5) is 39.1. The minimum absolute atomic E-state index is 0.103. The maximum absolute atomic E-state index is 13.1. The van der Waals surface area contributed by atoms with Crippen LogP contribution >= 0.6 is 12.6 Å². The maximum atomic E-state index is 13.1. The van der Waals surface area contributed by atoms with Crippen LogP contribution < -0.4 is 0 Å². The van der Waals surface area contributed by atoms with Crippen molar-refractivity contribution in [3.05, 3.63) is 108 Å². The third kappa shape index (κ3) is 6.37. The summed E-state index contributed by atoms with van der Waals surface area (Å²) in [5, 5.41) is 0. The summed E-state index contributed by atoms with van der Waals surface area (Å²) in [6.45, 7) is 0. The van der Waals surface area contributed by atoms with Gasteiger partial charge in [-0.1, -0.05) is 54.6 Å². The van der Waals surface area contributed by atoms with Gasteiger partial charge >= 0.3 is 17.9 Å². The van der Waals surface area contributed by atoms with Gasteiger partial charge in [-0.25, -0.2) is 14.4 Å². The lowest BCUT2D eigenvalue weighted by molar-refractivity contribution is -0.282. The number of hydrogen-bond donors (Lipinski definition) is 1. The van der Waals surface area contributed by atoms with E-state index in [4.69, 9.17) is 23.7 Å². The van der Waals surface area contributed by atoms with Crippen LogP contribution in [0.2, 0.25) is 0 Å². The van der Waals surface area contributed by atoms with Gasteiger partial charge in [0.1, 0.15) is 6.10 Å². The molecule has 1 aliphatic rings. The highest BCUT2D eigenvalue weighted by molar-refractivity contribution is 7.80. The van der Waals surface area contributed by atoms with Gasteiger partial charge in [0.15, 0.2) is 24.6 Å². The van der Waals surface area contributed by atoms with Crippen molar-refractivity contribution in [2.75, 3.05) is 12.9 Å². The van der Waals surface area contributed by atoms with E-state index >= 15 is 0 Å². The Balaban J connectivity index is 1.69.